The zero-order chi connectivity index (χ0) is 52.5. The molecule has 2 heterocycles. The average Bonchev–Trinajstić information content (AvgIpc) is 3.98. The summed E-state index contributed by atoms with van der Waals surface area (Å²) in [6.07, 6.45) is 0. The van der Waals surface area contributed by atoms with E-state index in [1.165, 1.54) is 55.3 Å². The van der Waals surface area contributed by atoms with Crippen LogP contribution in [-0.4, -0.2) is 19.5 Å². The fraction of sp³-hybridized carbons (Fsp3) is 0. The van der Waals surface area contributed by atoms with Gasteiger partial charge in [0, 0.05) is 33.2 Å². The molecule has 0 saturated heterocycles. The van der Waals surface area contributed by atoms with Gasteiger partial charge in [-0.25, -0.2) is 15.0 Å². The third-order valence-corrected chi connectivity index (χ3v) is 15.0. The van der Waals surface area contributed by atoms with Gasteiger partial charge in [0.15, 0.2) is 17.5 Å². The molecule has 79 heavy (non-hydrogen) atoms. The molecule has 0 atom stereocenters. The van der Waals surface area contributed by atoms with Gasteiger partial charge in [0.25, 0.3) is 0 Å². The van der Waals surface area contributed by atoms with Crippen LogP contribution in [0, 0.1) is 0 Å². The second-order valence-electron chi connectivity index (χ2n) is 20.0. The van der Waals surface area contributed by atoms with E-state index in [9.17, 15) is 0 Å². The van der Waals surface area contributed by atoms with Crippen LogP contribution >= 0.6 is 0 Å². The van der Waals surface area contributed by atoms with Crippen molar-refractivity contribution in [1.82, 2.24) is 19.5 Å². The van der Waals surface area contributed by atoms with E-state index in [2.05, 4.69) is 308 Å². The lowest BCUT2D eigenvalue weighted by molar-refractivity contribution is 1.07. The Morgan fingerprint density at radius 1 is 0.177 bits per heavy atom. The topological polar surface area (TPSA) is 43.6 Å². The quantitative estimate of drug-likeness (QED) is 0.130. The summed E-state index contributed by atoms with van der Waals surface area (Å²) in [7, 11) is 0. The fourth-order valence-corrected chi connectivity index (χ4v) is 11.1. The first-order valence-electron chi connectivity index (χ1n) is 26.8. The molecule has 12 aromatic carbocycles. The predicted octanol–water partition coefficient (Wildman–Crippen LogP) is 19.6. The summed E-state index contributed by atoms with van der Waals surface area (Å²) >= 11 is 0. The number of aromatic nitrogens is 4. The van der Waals surface area contributed by atoms with E-state index in [1.54, 1.807) is 0 Å². The normalized spacial score (nSPS) is 11.3. The summed E-state index contributed by atoms with van der Waals surface area (Å²) in [5.74, 6) is 1.79. The predicted molar refractivity (Wildman–Crippen MR) is 329 cm³/mol. The molecule has 0 radical (unpaired) electrons. The van der Waals surface area contributed by atoms with Gasteiger partial charge in [0.1, 0.15) is 0 Å². The molecular formula is C75H50N4. The minimum atomic E-state index is 0.596. The molecule has 0 unspecified atom stereocenters. The van der Waals surface area contributed by atoms with Gasteiger partial charge in [0.05, 0.1) is 11.0 Å². The Morgan fingerprint density at radius 2 is 0.430 bits per heavy atom. The van der Waals surface area contributed by atoms with E-state index in [0.29, 0.717) is 17.5 Å². The molecule has 0 aliphatic heterocycles. The second kappa shape index (κ2) is 20.5. The lowest BCUT2D eigenvalue weighted by Crippen LogP contribution is -2.01. The van der Waals surface area contributed by atoms with Crippen molar-refractivity contribution in [2.45, 2.75) is 0 Å². The van der Waals surface area contributed by atoms with E-state index < -0.39 is 0 Å². The van der Waals surface area contributed by atoms with E-state index in [1.807, 2.05) is 0 Å². The lowest BCUT2D eigenvalue weighted by Gasteiger charge is -2.13. The Hall–Kier alpha value is -10.6. The van der Waals surface area contributed by atoms with Gasteiger partial charge in [-0.1, -0.05) is 243 Å². The van der Waals surface area contributed by atoms with Crippen molar-refractivity contribution in [2.75, 3.05) is 0 Å². The van der Waals surface area contributed by atoms with Crippen LogP contribution in [0.25, 0.3) is 140 Å². The smallest absolute Gasteiger partial charge is 0.164 e. The van der Waals surface area contributed by atoms with Crippen LogP contribution in [0.2, 0.25) is 0 Å². The average molecular weight is 1010 g/mol. The largest absolute Gasteiger partial charge is 0.309 e. The van der Waals surface area contributed by atoms with Crippen molar-refractivity contribution in [3.63, 3.8) is 0 Å². The summed E-state index contributed by atoms with van der Waals surface area (Å²) < 4.78 is 2.34. The summed E-state index contributed by atoms with van der Waals surface area (Å²) in [6.45, 7) is 0. The summed E-state index contributed by atoms with van der Waals surface area (Å²) in [6, 6.07) is 108. The van der Waals surface area contributed by atoms with Crippen molar-refractivity contribution < 1.29 is 0 Å². The number of fused-ring (bicyclic) bond motifs is 3. The molecule has 0 aliphatic rings. The molecule has 0 spiro atoms. The van der Waals surface area contributed by atoms with Gasteiger partial charge >= 0.3 is 0 Å². The second-order valence-corrected chi connectivity index (χ2v) is 20.0. The first kappa shape index (κ1) is 46.9. The maximum atomic E-state index is 5.30. The SMILES string of the molecule is c1ccc(-c2cccc(-c3cccc(-c4cccc(-c5ccc(-c6nc(-c7cccc(-c8cccc(-c9cccc(-c%10ccccc%10)c9)c8)c7)nc(-c7cccc(-n8c9ccccc9c9ccccc98)c7)n6)cc5)c4)c3)c2)cc1. The van der Waals surface area contributed by atoms with E-state index >= 15 is 0 Å². The van der Waals surface area contributed by atoms with Crippen molar-refractivity contribution >= 4 is 21.8 Å². The molecule has 0 bridgehead atoms. The lowest BCUT2D eigenvalue weighted by atomic mass is 9.94. The minimum Gasteiger partial charge on any atom is -0.309 e. The Labute approximate surface area is 460 Å². The molecular weight excluding hydrogens is 957 g/mol. The van der Waals surface area contributed by atoms with E-state index in [0.717, 1.165) is 66.8 Å². The highest BCUT2D eigenvalue weighted by Gasteiger charge is 2.17. The zero-order valence-electron chi connectivity index (χ0n) is 43.2. The van der Waals surface area contributed by atoms with Crippen molar-refractivity contribution in [3.05, 3.63) is 303 Å². The number of hydrogen-bond donors (Lipinski definition) is 0. The molecule has 0 saturated carbocycles. The Kier molecular flexibility index (Phi) is 12.2. The first-order chi connectivity index (χ1) is 39.1. The molecule has 0 aliphatic carbocycles. The highest BCUT2D eigenvalue weighted by atomic mass is 15.0. The fourth-order valence-electron chi connectivity index (χ4n) is 11.1. The molecule has 0 fully saturated rings. The molecule has 370 valence electrons. The Bertz CT molecular complexity index is 4480. The monoisotopic (exact) mass is 1010 g/mol. The van der Waals surface area contributed by atoms with Crippen LogP contribution in [0.5, 0.6) is 0 Å². The van der Waals surface area contributed by atoms with Gasteiger partial charge in [-0.2, -0.15) is 0 Å². The summed E-state index contributed by atoms with van der Waals surface area (Å²) in [5.41, 5.74) is 22.3. The molecule has 2 aromatic heterocycles. The molecule has 14 aromatic rings. The summed E-state index contributed by atoms with van der Waals surface area (Å²) in [4.78, 5) is 15.9. The highest BCUT2D eigenvalue weighted by molar-refractivity contribution is 6.09. The number of hydrogen-bond acceptors (Lipinski definition) is 3. The molecule has 0 amide bonds. The number of para-hydroxylation sites is 2. The maximum Gasteiger partial charge on any atom is 0.164 e. The summed E-state index contributed by atoms with van der Waals surface area (Å²) in [5, 5.41) is 2.43. The molecule has 14 rings (SSSR count). The molecule has 0 N–H and O–H groups in total. The van der Waals surface area contributed by atoms with Crippen LogP contribution in [-0.2, 0) is 0 Å². The first-order valence-corrected chi connectivity index (χ1v) is 26.8. The zero-order valence-corrected chi connectivity index (χ0v) is 43.2. The van der Waals surface area contributed by atoms with Gasteiger partial charge in [-0.3, -0.25) is 0 Å². The van der Waals surface area contributed by atoms with Crippen LogP contribution in [0.3, 0.4) is 0 Å². The minimum absolute atomic E-state index is 0.596. The van der Waals surface area contributed by atoms with Gasteiger partial charge in [-0.15, -0.1) is 0 Å². The van der Waals surface area contributed by atoms with Crippen molar-refractivity contribution in [3.8, 4) is 118 Å². The van der Waals surface area contributed by atoms with Crippen LogP contribution in [0.15, 0.2) is 303 Å². The molecule has 4 heteroatoms. The van der Waals surface area contributed by atoms with Crippen molar-refractivity contribution in [1.29, 1.82) is 0 Å². The van der Waals surface area contributed by atoms with Gasteiger partial charge in [0.2, 0.25) is 0 Å². The Morgan fingerprint density at radius 3 is 0.823 bits per heavy atom. The third kappa shape index (κ3) is 9.39. The Balaban J connectivity index is 0.823. The number of benzene rings is 12. The van der Waals surface area contributed by atoms with Crippen LogP contribution in [0.1, 0.15) is 0 Å². The number of nitrogens with zero attached hydrogens (tertiary/aromatic N) is 4. The van der Waals surface area contributed by atoms with Crippen LogP contribution < -0.4 is 0 Å². The van der Waals surface area contributed by atoms with Gasteiger partial charge in [-0.05, 0) is 139 Å². The van der Waals surface area contributed by atoms with Crippen molar-refractivity contribution in [2.24, 2.45) is 0 Å². The standard InChI is InChI=1S/C75H50N4/c1-3-18-51(19-4-1)55-22-11-25-58(44-55)61-28-14-29-62(47-61)60-27-13-24-57(46-60)53-40-42-54(43-41-53)73-76-74(78-75(77-73)67-34-17-35-68(50-67)79-71-38-9-7-36-69(71)70-37-8-10-39-72(70)79)66-33-16-32-65(49-66)64-31-15-30-63(48-64)59-26-12-23-56(45-59)52-20-5-2-6-21-52/h1-50H. The molecule has 4 nitrogen and oxygen atoms in total. The highest BCUT2D eigenvalue weighted by Crippen LogP contribution is 2.37. The van der Waals surface area contributed by atoms with E-state index in [-0.39, 0.29) is 0 Å². The van der Waals surface area contributed by atoms with E-state index in [4.69, 9.17) is 15.0 Å². The van der Waals surface area contributed by atoms with Gasteiger partial charge < -0.3 is 4.57 Å². The number of rotatable bonds is 11. The maximum absolute atomic E-state index is 5.30. The van der Waals surface area contributed by atoms with Crippen LogP contribution in [0.4, 0.5) is 0 Å². The third-order valence-electron chi connectivity index (χ3n) is 15.0.